The molecule has 4 radical (unpaired) electrons. The van der Waals surface area contributed by atoms with Crippen molar-refractivity contribution in [3.8, 4) is 0 Å². The minimum atomic E-state index is 0.138. The van der Waals surface area contributed by atoms with Gasteiger partial charge >= 0.3 is 0 Å². The molecular weight excluding hydrogens is 116 g/mol. The molecule has 3 heteroatoms. The number of hydrogen-bond acceptors (Lipinski definition) is 3. The number of rotatable bonds is 0. The van der Waals surface area contributed by atoms with Crippen molar-refractivity contribution in [2.24, 2.45) is 0 Å². The van der Waals surface area contributed by atoms with Crippen LogP contribution in [-0.4, -0.2) is 28.9 Å². The van der Waals surface area contributed by atoms with E-state index < -0.39 is 0 Å². The van der Waals surface area contributed by atoms with Gasteiger partial charge in [0.15, 0.2) is 0 Å². The maximum Gasteiger partial charge on any atom is 0.149 e. The van der Waals surface area contributed by atoms with Gasteiger partial charge in [-0.15, -0.1) is 0 Å². The highest BCUT2D eigenvalue weighted by molar-refractivity contribution is 5.81. The van der Waals surface area contributed by atoms with Gasteiger partial charge in [0.2, 0.25) is 0 Å². The second-order valence-corrected chi connectivity index (χ2v) is 2.05. The number of hydrazine groups is 1. The topological polar surface area (TPSA) is 23.6 Å². The predicted octanol–water partition coefficient (Wildman–Crippen LogP) is -0.185. The Hall–Kier alpha value is -0.410. The monoisotopic (exact) mass is 124 g/mol. The highest BCUT2D eigenvalue weighted by Crippen LogP contribution is 2.03. The van der Waals surface area contributed by atoms with Crippen molar-refractivity contribution in [1.29, 1.82) is 0 Å². The van der Waals surface area contributed by atoms with Crippen LogP contribution in [0.15, 0.2) is 0 Å². The van der Waals surface area contributed by atoms with Gasteiger partial charge in [-0.2, -0.15) is 0 Å². The van der Waals surface area contributed by atoms with Gasteiger partial charge in [-0.3, -0.25) is 4.79 Å². The van der Waals surface area contributed by atoms with Crippen LogP contribution < -0.4 is 0 Å². The highest BCUT2D eigenvalue weighted by atomic mass is 16.1. The number of nitrogens with zero attached hydrogens (tertiary/aromatic N) is 2. The summed E-state index contributed by atoms with van der Waals surface area (Å²) in [7, 11) is 10.6. The number of hydrogen-bond donors (Lipinski definition) is 0. The van der Waals surface area contributed by atoms with Gasteiger partial charge in [0.25, 0.3) is 0 Å². The van der Waals surface area contributed by atoms with Crippen LogP contribution >= 0.6 is 0 Å². The summed E-state index contributed by atoms with van der Waals surface area (Å²) < 4.78 is 0. The molecule has 3 nitrogen and oxygen atoms in total. The molecule has 1 saturated heterocycles. The Bertz CT molecular complexity index is 124. The lowest BCUT2D eigenvalue weighted by atomic mass is 10.2. The van der Waals surface area contributed by atoms with Crippen LogP contribution in [0.25, 0.3) is 0 Å². The second kappa shape index (κ2) is 2.45. The molecule has 9 heavy (non-hydrogen) atoms. The Morgan fingerprint density at radius 3 is 2.44 bits per heavy atom. The molecule has 0 amide bonds. The molecule has 0 saturated carbocycles. The van der Waals surface area contributed by atoms with Crippen LogP contribution in [0.3, 0.4) is 0 Å². The summed E-state index contributed by atoms with van der Waals surface area (Å²) in [4.78, 5) is 10.6. The van der Waals surface area contributed by atoms with Gasteiger partial charge in [0, 0.05) is 13.0 Å². The van der Waals surface area contributed by atoms with Gasteiger partial charge in [-0.25, -0.2) is 10.0 Å². The van der Waals surface area contributed by atoms with E-state index in [-0.39, 0.29) is 12.3 Å². The van der Waals surface area contributed by atoms with Crippen molar-refractivity contribution in [3.63, 3.8) is 0 Å². The second-order valence-electron chi connectivity index (χ2n) is 2.05. The van der Waals surface area contributed by atoms with Gasteiger partial charge in [0.1, 0.15) is 5.78 Å². The molecular formula is C6H8N2O. The first-order valence-electron chi connectivity index (χ1n) is 2.76. The molecule has 1 aliphatic heterocycles. The lowest BCUT2D eigenvalue weighted by molar-refractivity contribution is -0.127. The molecule has 48 valence electrons. The summed E-state index contributed by atoms with van der Waals surface area (Å²) in [5, 5.41) is 2.55. The number of Topliss-reactive ketones (excluding diaryl/α,β-unsaturated/α-hetero) is 1. The molecule has 1 fully saturated rings. The smallest absolute Gasteiger partial charge is 0.149 e. The molecule has 0 bridgehead atoms. The molecule has 0 aromatic rings. The molecule has 0 unspecified atom stereocenters. The zero-order chi connectivity index (χ0) is 6.85. The van der Waals surface area contributed by atoms with Crippen LogP contribution in [0.1, 0.15) is 6.42 Å². The molecule has 1 rings (SSSR count). The zero-order valence-corrected chi connectivity index (χ0v) is 5.08. The minimum Gasteiger partial charge on any atom is -0.298 e. The maximum absolute atomic E-state index is 10.6. The van der Waals surface area contributed by atoms with E-state index in [0.29, 0.717) is 13.0 Å². The van der Waals surface area contributed by atoms with E-state index in [4.69, 9.17) is 14.1 Å². The van der Waals surface area contributed by atoms with Crippen LogP contribution in [-0.2, 0) is 4.79 Å². The van der Waals surface area contributed by atoms with Gasteiger partial charge < -0.3 is 0 Å². The Labute approximate surface area is 55.2 Å². The molecule has 0 atom stereocenters. The summed E-state index contributed by atoms with van der Waals surface area (Å²) >= 11 is 0. The Kier molecular flexibility index (Phi) is 1.83. The third kappa shape index (κ3) is 1.50. The Balaban J connectivity index is 2.44. The summed E-state index contributed by atoms with van der Waals surface area (Å²) in [5.41, 5.74) is 0. The minimum absolute atomic E-state index is 0.138. The molecule has 0 aromatic carbocycles. The largest absolute Gasteiger partial charge is 0.298 e. The van der Waals surface area contributed by atoms with Crippen molar-refractivity contribution in [1.82, 2.24) is 10.0 Å². The maximum atomic E-state index is 10.6. The predicted molar refractivity (Wildman–Crippen MR) is 31.6 cm³/mol. The van der Waals surface area contributed by atoms with E-state index >= 15 is 0 Å². The molecule has 0 N–H and O–H groups in total. The van der Waals surface area contributed by atoms with E-state index in [1.807, 2.05) is 0 Å². The van der Waals surface area contributed by atoms with Crippen molar-refractivity contribution < 1.29 is 4.79 Å². The fourth-order valence-corrected chi connectivity index (χ4v) is 0.718. The molecule has 0 spiro atoms. The number of ketones is 1. The first kappa shape index (κ1) is 6.71. The fraction of sp³-hybridized carbons (Fsp3) is 0.500. The fourth-order valence-electron chi connectivity index (χ4n) is 0.718. The molecule has 0 aliphatic carbocycles. The molecule has 1 aliphatic rings. The van der Waals surface area contributed by atoms with E-state index in [1.54, 1.807) is 0 Å². The number of carbonyl (C=O) groups excluding carboxylic acids is 1. The summed E-state index contributed by atoms with van der Waals surface area (Å²) in [5.74, 6) is 0.138. The van der Waals surface area contributed by atoms with Gasteiger partial charge in [0.05, 0.1) is 20.6 Å². The first-order valence-corrected chi connectivity index (χ1v) is 2.76. The Morgan fingerprint density at radius 1 is 1.33 bits per heavy atom. The third-order valence-corrected chi connectivity index (χ3v) is 1.29. The van der Waals surface area contributed by atoms with E-state index in [1.165, 1.54) is 10.0 Å². The average molecular weight is 124 g/mol. The lowest BCUT2D eigenvalue weighted by Gasteiger charge is -2.30. The van der Waals surface area contributed by atoms with Crippen LogP contribution in [0.2, 0.25) is 0 Å². The van der Waals surface area contributed by atoms with E-state index in [0.717, 1.165) is 0 Å². The summed E-state index contributed by atoms with van der Waals surface area (Å²) in [6.45, 7) is 0.756. The third-order valence-electron chi connectivity index (χ3n) is 1.29. The van der Waals surface area contributed by atoms with E-state index in [9.17, 15) is 4.79 Å². The molecule has 0 aromatic heterocycles. The van der Waals surface area contributed by atoms with Crippen molar-refractivity contribution in [2.75, 3.05) is 13.1 Å². The van der Waals surface area contributed by atoms with Crippen LogP contribution in [0, 0.1) is 14.1 Å². The first-order chi connectivity index (χ1) is 4.20. The SMILES string of the molecule is [CH]N1CCC(=O)CN1[CH]. The molecule has 1 heterocycles. The zero-order valence-electron chi connectivity index (χ0n) is 5.08. The summed E-state index contributed by atoms with van der Waals surface area (Å²) in [6.07, 6.45) is 0.504. The summed E-state index contributed by atoms with van der Waals surface area (Å²) in [6, 6.07) is 0. The van der Waals surface area contributed by atoms with Crippen molar-refractivity contribution >= 4 is 5.78 Å². The lowest BCUT2D eigenvalue weighted by Crippen LogP contribution is -2.43. The standard InChI is InChI=1S/C6H8N2O/c1-7-4-3-6(9)5-8(7)2/h1-2H,3-5H2. The quantitative estimate of drug-likeness (QED) is 0.447. The highest BCUT2D eigenvalue weighted by Gasteiger charge is 2.17. The average Bonchev–Trinajstić information content (AvgIpc) is 1.80. The van der Waals surface area contributed by atoms with Gasteiger partial charge in [-0.1, -0.05) is 0 Å². The van der Waals surface area contributed by atoms with Gasteiger partial charge in [-0.05, 0) is 0 Å². The van der Waals surface area contributed by atoms with Crippen molar-refractivity contribution in [2.45, 2.75) is 6.42 Å². The van der Waals surface area contributed by atoms with E-state index in [2.05, 4.69) is 0 Å². The van der Waals surface area contributed by atoms with Crippen molar-refractivity contribution in [3.05, 3.63) is 14.1 Å². The normalized spacial score (nSPS) is 24.9. The number of carbonyl (C=O) groups is 1. The van der Waals surface area contributed by atoms with Crippen LogP contribution in [0.4, 0.5) is 0 Å². The Morgan fingerprint density at radius 2 is 2.00 bits per heavy atom. The van der Waals surface area contributed by atoms with Crippen LogP contribution in [0.5, 0.6) is 0 Å².